The molecule has 0 saturated heterocycles. The quantitative estimate of drug-likeness (QED) is 0.663. The van der Waals surface area contributed by atoms with Crippen molar-refractivity contribution < 1.29 is 22.0 Å². The van der Waals surface area contributed by atoms with Crippen LogP contribution < -0.4 is 9.62 Å². The van der Waals surface area contributed by atoms with Gasteiger partial charge in [0.1, 0.15) is 0 Å². The first-order chi connectivity index (χ1) is 13.6. The molecule has 2 aromatic carbocycles. The highest BCUT2D eigenvalue weighted by Gasteiger charge is 2.19. The summed E-state index contributed by atoms with van der Waals surface area (Å²) < 4.78 is 51.6. The average molecular weight is 425 g/mol. The van der Waals surface area contributed by atoms with E-state index in [4.69, 9.17) is 0 Å². The molecule has 29 heavy (non-hydrogen) atoms. The summed E-state index contributed by atoms with van der Waals surface area (Å²) in [5.41, 5.74) is 2.22. The molecule has 8 heteroatoms. The first-order valence-electron chi connectivity index (χ1n) is 9.42. The van der Waals surface area contributed by atoms with Crippen LogP contribution in [0.1, 0.15) is 43.9 Å². The van der Waals surface area contributed by atoms with E-state index in [0.717, 1.165) is 34.7 Å². The first kappa shape index (κ1) is 22.8. The van der Waals surface area contributed by atoms with Crippen LogP contribution in [0.15, 0.2) is 42.5 Å². The van der Waals surface area contributed by atoms with Gasteiger partial charge in [-0.1, -0.05) is 31.2 Å². The molecule has 1 amide bonds. The number of carbonyl (C=O) groups is 1. The molecule has 1 N–H and O–H groups in total. The number of anilines is 1. The molecule has 0 unspecified atom stereocenters. The third-order valence-corrected chi connectivity index (χ3v) is 5.82. The van der Waals surface area contributed by atoms with Crippen LogP contribution in [-0.2, 0) is 21.2 Å². The van der Waals surface area contributed by atoms with Crippen molar-refractivity contribution in [2.45, 2.75) is 39.2 Å². The van der Waals surface area contributed by atoms with Gasteiger partial charge in [-0.2, -0.15) is 0 Å². The molecule has 0 aromatic heterocycles. The maximum absolute atomic E-state index is 13.5. The molecule has 0 aliphatic rings. The maximum atomic E-state index is 13.5. The van der Waals surface area contributed by atoms with Crippen LogP contribution >= 0.6 is 0 Å². The summed E-state index contributed by atoms with van der Waals surface area (Å²) >= 11 is 0. The van der Waals surface area contributed by atoms with Crippen molar-refractivity contribution in [2.75, 3.05) is 17.1 Å². The molecule has 0 fully saturated rings. The number of sulfonamides is 1. The number of rotatable bonds is 9. The number of halogens is 2. The molecular weight excluding hydrogens is 398 g/mol. The second kappa shape index (κ2) is 9.82. The van der Waals surface area contributed by atoms with E-state index in [9.17, 15) is 22.0 Å². The summed E-state index contributed by atoms with van der Waals surface area (Å²) in [5, 5.41) is 2.89. The lowest BCUT2D eigenvalue weighted by Crippen LogP contribution is -2.32. The number of amides is 1. The Hall–Kier alpha value is -2.48. The third kappa shape index (κ3) is 6.52. The van der Waals surface area contributed by atoms with E-state index in [1.807, 2.05) is 31.2 Å². The van der Waals surface area contributed by atoms with Crippen molar-refractivity contribution in [2.24, 2.45) is 0 Å². The summed E-state index contributed by atoms with van der Waals surface area (Å²) in [6.07, 6.45) is 2.26. The Balaban J connectivity index is 1.94. The van der Waals surface area contributed by atoms with E-state index in [0.29, 0.717) is 0 Å². The predicted octanol–water partition coefficient (Wildman–Crippen LogP) is 3.95. The molecule has 0 bridgehead atoms. The summed E-state index contributed by atoms with van der Waals surface area (Å²) in [4.78, 5) is 12.2. The highest BCUT2D eigenvalue weighted by Crippen LogP contribution is 2.21. The van der Waals surface area contributed by atoms with Crippen LogP contribution in [0, 0.1) is 11.6 Å². The van der Waals surface area contributed by atoms with E-state index in [2.05, 4.69) is 12.2 Å². The van der Waals surface area contributed by atoms with Gasteiger partial charge in [0.25, 0.3) is 0 Å². The van der Waals surface area contributed by atoms with Crippen LogP contribution in [0.4, 0.5) is 14.5 Å². The van der Waals surface area contributed by atoms with Gasteiger partial charge in [-0.15, -0.1) is 0 Å². The second-order valence-electron chi connectivity index (χ2n) is 6.92. The summed E-state index contributed by atoms with van der Waals surface area (Å²) in [5.74, 6) is -2.39. The number of hydrogen-bond donors (Lipinski definition) is 1. The van der Waals surface area contributed by atoms with Gasteiger partial charge in [0.2, 0.25) is 15.9 Å². The van der Waals surface area contributed by atoms with Gasteiger partial charge in [0.15, 0.2) is 11.6 Å². The normalized spacial score (nSPS) is 12.4. The Morgan fingerprint density at radius 3 is 2.31 bits per heavy atom. The molecule has 0 aliphatic heterocycles. The van der Waals surface area contributed by atoms with Gasteiger partial charge in [-0.05, 0) is 43.0 Å². The Bertz CT molecular complexity index is 947. The summed E-state index contributed by atoms with van der Waals surface area (Å²) in [6, 6.07) is 10.7. The molecule has 1 atom stereocenters. The van der Waals surface area contributed by atoms with E-state index in [-0.39, 0.29) is 37.0 Å². The third-order valence-electron chi connectivity index (χ3n) is 4.62. The van der Waals surface area contributed by atoms with E-state index in [1.165, 1.54) is 11.6 Å². The SMILES string of the molecule is CCc1ccc([C@H](C)NC(=O)CCCN(c2ccc(F)c(F)c2)S(C)(=O)=O)cc1. The minimum atomic E-state index is -3.71. The number of nitrogens with one attached hydrogen (secondary N) is 1. The van der Waals surface area contributed by atoms with Gasteiger partial charge in [-0.3, -0.25) is 9.10 Å². The smallest absolute Gasteiger partial charge is 0.232 e. The number of hydrogen-bond acceptors (Lipinski definition) is 3. The molecule has 0 spiro atoms. The summed E-state index contributed by atoms with van der Waals surface area (Å²) in [7, 11) is -3.71. The molecule has 2 aromatic rings. The standard InChI is InChI=1S/C21H26F2N2O3S/c1-4-16-7-9-17(10-8-16)15(2)24-21(26)6-5-13-25(29(3,27)28)18-11-12-19(22)20(23)14-18/h7-12,14-15H,4-6,13H2,1-3H3,(H,24,26)/t15-/m0/s1. The highest BCUT2D eigenvalue weighted by molar-refractivity contribution is 7.92. The van der Waals surface area contributed by atoms with Crippen LogP contribution in [0.5, 0.6) is 0 Å². The predicted molar refractivity (Wildman–Crippen MR) is 110 cm³/mol. The largest absolute Gasteiger partial charge is 0.350 e. The van der Waals surface area contributed by atoms with Gasteiger partial charge < -0.3 is 5.32 Å². The van der Waals surface area contributed by atoms with Gasteiger partial charge in [-0.25, -0.2) is 17.2 Å². The van der Waals surface area contributed by atoms with Gasteiger partial charge in [0.05, 0.1) is 18.0 Å². The van der Waals surface area contributed by atoms with Crippen molar-refractivity contribution in [3.63, 3.8) is 0 Å². The van der Waals surface area contributed by atoms with Crippen molar-refractivity contribution in [1.82, 2.24) is 5.32 Å². The zero-order valence-corrected chi connectivity index (χ0v) is 17.6. The van der Waals surface area contributed by atoms with Crippen molar-refractivity contribution in [1.29, 1.82) is 0 Å². The minimum absolute atomic E-state index is 0.0170. The highest BCUT2D eigenvalue weighted by atomic mass is 32.2. The number of aryl methyl sites for hydroxylation is 1. The molecule has 2 rings (SSSR count). The lowest BCUT2D eigenvalue weighted by Gasteiger charge is -2.22. The van der Waals surface area contributed by atoms with Crippen LogP contribution in [0.2, 0.25) is 0 Å². The molecule has 5 nitrogen and oxygen atoms in total. The Morgan fingerprint density at radius 1 is 1.10 bits per heavy atom. The Morgan fingerprint density at radius 2 is 1.76 bits per heavy atom. The second-order valence-corrected chi connectivity index (χ2v) is 8.83. The maximum Gasteiger partial charge on any atom is 0.232 e. The molecule has 0 radical (unpaired) electrons. The van der Waals surface area contributed by atoms with Gasteiger partial charge >= 0.3 is 0 Å². The van der Waals surface area contributed by atoms with Crippen molar-refractivity contribution in [3.05, 3.63) is 65.2 Å². The van der Waals surface area contributed by atoms with Crippen molar-refractivity contribution in [3.8, 4) is 0 Å². The lowest BCUT2D eigenvalue weighted by molar-refractivity contribution is -0.121. The first-order valence-corrected chi connectivity index (χ1v) is 11.3. The molecule has 0 heterocycles. The zero-order chi connectivity index (χ0) is 21.6. The molecule has 158 valence electrons. The molecule has 0 saturated carbocycles. The number of carbonyl (C=O) groups excluding carboxylic acids is 1. The Labute approximate surface area is 170 Å². The monoisotopic (exact) mass is 424 g/mol. The minimum Gasteiger partial charge on any atom is -0.350 e. The van der Waals surface area contributed by atoms with Crippen LogP contribution in [0.3, 0.4) is 0 Å². The van der Waals surface area contributed by atoms with Crippen LogP contribution in [0.25, 0.3) is 0 Å². The van der Waals surface area contributed by atoms with Gasteiger partial charge in [0, 0.05) is 19.0 Å². The Kier molecular flexibility index (Phi) is 7.73. The topological polar surface area (TPSA) is 66.5 Å². The zero-order valence-electron chi connectivity index (χ0n) is 16.8. The summed E-state index contributed by atoms with van der Waals surface area (Å²) in [6.45, 7) is 3.93. The van der Waals surface area contributed by atoms with E-state index >= 15 is 0 Å². The fourth-order valence-corrected chi connectivity index (χ4v) is 3.91. The van der Waals surface area contributed by atoms with E-state index < -0.39 is 21.7 Å². The number of nitrogens with zero attached hydrogens (tertiary/aromatic N) is 1. The molecular formula is C21H26F2N2O3S. The number of benzene rings is 2. The van der Waals surface area contributed by atoms with Crippen LogP contribution in [-0.4, -0.2) is 27.1 Å². The average Bonchev–Trinajstić information content (AvgIpc) is 2.66. The fraction of sp³-hybridized carbons (Fsp3) is 0.381. The lowest BCUT2D eigenvalue weighted by atomic mass is 10.0. The fourth-order valence-electron chi connectivity index (χ4n) is 2.95. The van der Waals surface area contributed by atoms with E-state index in [1.54, 1.807) is 0 Å². The molecule has 0 aliphatic carbocycles. The van der Waals surface area contributed by atoms with Crippen molar-refractivity contribution >= 4 is 21.6 Å².